The van der Waals surface area contributed by atoms with Gasteiger partial charge in [-0.05, 0) is 0 Å². The van der Waals surface area contributed by atoms with Crippen LogP contribution in [0.1, 0.15) is 34.6 Å². The summed E-state index contributed by atoms with van der Waals surface area (Å²) in [5, 5.41) is 30.2. The number of carbonyl (C=O) groups excluding carboxylic acids is 15. The maximum atomic E-state index is 11.6. The molecule has 0 aromatic heterocycles. The molecule has 0 bridgehead atoms. The van der Waals surface area contributed by atoms with Gasteiger partial charge in [-0.1, -0.05) is 0 Å². The van der Waals surface area contributed by atoms with Crippen LogP contribution in [0.25, 0.3) is 0 Å². The SMILES string of the molecule is CC(=O)N[C@@H](CO)C(N)=O.CC(=O)N[C@@H](CS)C(N)=O.CC(=O)N[C@H](CS)C(N)=O.CNC(=O)[C@@H](CS)NC(C)=O.CNC(=O)[C@H](CS)NC(C)=O.NC(=O)[C@@H](CS)NC(=O)C(F)(F)F.NC(=O)[C@H](CS)NC(=O)C(F)(F)F.O=CNCCS. The number of carbonyl (C=O) groups is 15. The van der Waals surface area contributed by atoms with E-state index in [1.54, 1.807) is 0 Å². The van der Waals surface area contributed by atoms with Crippen LogP contribution in [-0.2, 0) is 71.9 Å². The highest BCUT2D eigenvalue weighted by molar-refractivity contribution is 7.81. The monoisotopic (exact) mass is 1360 g/mol. The number of halogens is 6. The number of hydrogen-bond donors (Lipinski definition) is 23. The van der Waals surface area contributed by atoms with Gasteiger partial charge in [-0.25, -0.2) is 0 Å². The second-order valence-electron chi connectivity index (χ2n) is 14.6. The summed E-state index contributed by atoms with van der Waals surface area (Å²) in [7, 11) is 3.03. The summed E-state index contributed by atoms with van der Waals surface area (Å²) in [5.74, 6) is -9.04. The van der Waals surface area contributed by atoms with Gasteiger partial charge in [0.25, 0.3) is 0 Å². The lowest BCUT2D eigenvalue weighted by molar-refractivity contribution is -0.174. The Balaban J connectivity index is -0.000000132. The molecule has 0 spiro atoms. The zero-order valence-corrected chi connectivity index (χ0v) is 52.1. The second kappa shape index (κ2) is 56.2. The van der Waals surface area contributed by atoms with E-state index in [1.807, 2.05) is 0 Å². The lowest BCUT2D eigenvalue weighted by atomic mass is 10.3. The largest absolute Gasteiger partial charge is 0.471 e. The molecule has 0 aliphatic rings. The number of aliphatic hydroxyl groups excluding tert-OH is 1. The van der Waals surface area contributed by atoms with Gasteiger partial charge >= 0.3 is 24.2 Å². The van der Waals surface area contributed by atoms with E-state index in [1.165, 1.54) is 59.3 Å². The number of hydrogen-bond acceptors (Lipinski definition) is 23. The molecule has 44 heteroatoms. The number of thiol groups is 7. The van der Waals surface area contributed by atoms with Gasteiger partial charge < -0.3 is 86.9 Å². The van der Waals surface area contributed by atoms with Crippen molar-refractivity contribution in [2.24, 2.45) is 28.7 Å². The predicted molar refractivity (Wildman–Crippen MR) is 316 cm³/mol. The van der Waals surface area contributed by atoms with Gasteiger partial charge in [-0.15, -0.1) is 0 Å². The molecule has 31 nitrogen and oxygen atoms in total. The van der Waals surface area contributed by atoms with Crippen molar-refractivity contribution in [1.82, 2.24) is 53.2 Å². The fraction of sp³-hybridized carbons (Fsp3) is 0.625. The number of rotatable bonds is 24. The molecule has 0 heterocycles. The molecule has 0 saturated carbocycles. The summed E-state index contributed by atoms with van der Waals surface area (Å²) in [6, 6.07) is -6.13. The fourth-order valence-electron chi connectivity index (χ4n) is 3.60. The molecule has 490 valence electrons. The lowest BCUT2D eigenvalue weighted by Gasteiger charge is -2.13. The van der Waals surface area contributed by atoms with Gasteiger partial charge in [-0.2, -0.15) is 115 Å². The standard InChI is InChI=1S/2C6H12N2O2S.2C5H7F3N2O2S.C5H10N2O3.2C5H10N2O2S.C3H7NOS/c2*1-4(9)8-5(3-11)6(10)7-2;2*6-5(7,8)4(12)10-2(1-13)3(9)11;1-3(9)7-4(2-8)5(6)10;2*1-3(8)7-4(2-10)5(6)9;5-3-4-1-2-6/h2*5,11H,3H2,1-2H3,(H,7,10)(H,8,9);2*2,13H,1H2,(H2,9,11)(H,10,12);4,8H,2H2,1H3,(H2,6,10)(H,7,9);2*4,10H,2H2,1H3,(H2,6,9)(H,7,8);3,6H,1-2H2,(H,4,5)/t2*5-;2*2-;3*4-;/m1010010./s1. The highest BCUT2D eigenvalue weighted by Gasteiger charge is 2.41. The van der Waals surface area contributed by atoms with Gasteiger partial charge in [0.05, 0.1) is 6.61 Å². The molecule has 84 heavy (non-hydrogen) atoms. The van der Waals surface area contributed by atoms with E-state index >= 15 is 0 Å². The summed E-state index contributed by atoms with van der Waals surface area (Å²) in [6.45, 7) is 6.80. The van der Waals surface area contributed by atoms with Crippen LogP contribution >= 0.6 is 88.4 Å². The van der Waals surface area contributed by atoms with E-state index in [0.29, 0.717) is 30.2 Å². The van der Waals surface area contributed by atoms with Gasteiger partial charge in [-0.3, -0.25) is 71.9 Å². The third-order valence-electron chi connectivity index (χ3n) is 7.47. The molecule has 0 aliphatic carbocycles. The van der Waals surface area contributed by atoms with Crippen LogP contribution in [-0.4, -0.2) is 216 Å². The lowest BCUT2D eigenvalue weighted by Crippen LogP contribution is -2.50. The Morgan fingerprint density at radius 1 is 0.405 bits per heavy atom. The summed E-state index contributed by atoms with van der Waals surface area (Å²) in [4.78, 5) is 156. The minimum absolute atomic E-state index is 0.227. The smallest absolute Gasteiger partial charge is 0.394 e. The predicted octanol–water partition coefficient (Wildman–Crippen LogP) is -7.33. The normalized spacial score (nSPS) is 12.2. The molecule has 7 atom stereocenters. The van der Waals surface area contributed by atoms with Crippen molar-refractivity contribution in [3.8, 4) is 0 Å². The molecular formula is C40H75F6N15O16S7. The molecule has 0 aliphatic heterocycles. The summed E-state index contributed by atoms with van der Waals surface area (Å²) < 4.78 is 69.7. The topological polar surface area (TPSA) is 527 Å². The molecule has 21 N–H and O–H groups in total. The first-order valence-corrected chi connectivity index (χ1v) is 26.9. The van der Waals surface area contributed by atoms with E-state index in [-0.39, 0.29) is 58.5 Å². The van der Waals surface area contributed by atoms with Gasteiger partial charge in [0, 0.05) is 95.5 Å². The van der Waals surface area contributed by atoms with Gasteiger partial charge in [0.1, 0.15) is 42.3 Å². The molecule has 0 rings (SSSR count). The number of aliphatic hydroxyl groups is 1. The Labute approximate surface area is 517 Å². The van der Waals surface area contributed by atoms with Crippen LogP contribution in [0.5, 0.6) is 0 Å². The van der Waals surface area contributed by atoms with E-state index in [4.69, 9.17) is 22.3 Å². The quantitative estimate of drug-likeness (QED) is 0.0185. The van der Waals surface area contributed by atoms with Crippen molar-refractivity contribution in [3.05, 3.63) is 0 Å². The van der Waals surface area contributed by atoms with Crippen molar-refractivity contribution < 1.29 is 103 Å². The molecule has 0 unspecified atom stereocenters. The Morgan fingerprint density at radius 2 is 0.607 bits per heavy atom. The first-order chi connectivity index (χ1) is 38.4. The van der Waals surface area contributed by atoms with Crippen LogP contribution in [0.15, 0.2) is 0 Å². The van der Waals surface area contributed by atoms with Crippen molar-refractivity contribution in [2.45, 2.75) is 89.3 Å². The zero-order valence-electron chi connectivity index (χ0n) is 45.8. The summed E-state index contributed by atoms with van der Waals surface area (Å²) in [5.41, 5.74) is 23.9. The average molecular weight is 1360 g/mol. The number of amides is 15. The highest BCUT2D eigenvalue weighted by Crippen LogP contribution is 2.15. The zero-order chi connectivity index (χ0) is 68.3. The fourth-order valence-corrected chi connectivity index (χ4v) is 5.33. The Hall–Kier alpha value is -5.96. The number of likely N-dealkylation sites (N-methyl/N-ethyl adjacent to an activating group) is 2. The number of nitrogens with one attached hydrogen (secondary N) is 10. The molecule has 0 radical (unpaired) electrons. The highest BCUT2D eigenvalue weighted by atomic mass is 32.1. The second-order valence-corrected chi connectivity index (χ2v) is 17.3. The molecule has 15 amide bonds. The minimum Gasteiger partial charge on any atom is -0.394 e. The maximum Gasteiger partial charge on any atom is 0.471 e. The van der Waals surface area contributed by atoms with Crippen LogP contribution < -0.4 is 81.8 Å². The van der Waals surface area contributed by atoms with Crippen molar-refractivity contribution in [3.63, 3.8) is 0 Å². The van der Waals surface area contributed by atoms with Crippen molar-refractivity contribution >= 4 is 178 Å². The third kappa shape index (κ3) is 62.1. The average Bonchev–Trinajstić information content (AvgIpc) is 3.39. The summed E-state index contributed by atoms with van der Waals surface area (Å²) >= 11 is 26.4. The first kappa shape index (κ1) is 94.4. The van der Waals surface area contributed by atoms with E-state index in [9.17, 15) is 98.3 Å². The Morgan fingerprint density at radius 3 is 0.714 bits per heavy atom. The minimum atomic E-state index is -5.02. The van der Waals surface area contributed by atoms with E-state index < -0.39 is 109 Å². The summed E-state index contributed by atoms with van der Waals surface area (Å²) in [6.07, 6.45) is -9.37. The van der Waals surface area contributed by atoms with Gasteiger partial charge in [0.2, 0.25) is 77.3 Å². The van der Waals surface area contributed by atoms with Crippen LogP contribution in [0.2, 0.25) is 0 Å². The number of alkyl halides is 6. The van der Waals surface area contributed by atoms with Gasteiger partial charge in [0.15, 0.2) is 0 Å². The van der Waals surface area contributed by atoms with Crippen molar-refractivity contribution in [1.29, 1.82) is 0 Å². The van der Waals surface area contributed by atoms with Crippen LogP contribution in [0, 0.1) is 0 Å². The van der Waals surface area contributed by atoms with Crippen LogP contribution in [0.3, 0.4) is 0 Å². The third-order valence-corrected chi connectivity index (χ3v) is 9.89. The maximum absolute atomic E-state index is 11.6. The molecule has 0 fully saturated rings. The number of nitrogens with two attached hydrogens (primary N) is 5. The Bertz CT molecular complexity index is 1910. The molecular weight excluding hydrogens is 1280 g/mol. The van der Waals surface area contributed by atoms with E-state index in [2.05, 4.69) is 142 Å². The van der Waals surface area contributed by atoms with Crippen LogP contribution in [0.4, 0.5) is 26.3 Å². The molecule has 0 aromatic carbocycles. The van der Waals surface area contributed by atoms with E-state index in [0.717, 1.165) is 0 Å². The Kier molecular flexibility index (Phi) is 63.2. The molecule has 0 aromatic rings. The number of primary amides is 5. The van der Waals surface area contributed by atoms with Crippen molar-refractivity contribution in [2.75, 3.05) is 67.5 Å². The molecule has 0 saturated heterocycles. The first-order valence-electron chi connectivity index (χ1n) is 22.5.